The third kappa shape index (κ3) is 7.31. The summed E-state index contributed by atoms with van der Waals surface area (Å²) in [6.07, 6.45) is -0.831. The fourth-order valence-corrected chi connectivity index (χ4v) is 0.415. The van der Waals surface area contributed by atoms with Crippen LogP contribution in [0.1, 0.15) is 0 Å². The Kier molecular flexibility index (Phi) is 7.97. The maximum absolute atomic E-state index is 10.6. The van der Waals surface area contributed by atoms with Crippen molar-refractivity contribution >= 4 is 17.9 Å². The van der Waals surface area contributed by atoms with Crippen LogP contribution in [0.5, 0.6) is 0 Å². The number of carbonyl (C=O) groups excluding carboxylic acids is 2. The normalized spacial score (nSPS) is 11.6. The average molecular weight is 222 g/mol. The van der Waals surface area contributed by atoms with Gasteiger partial charge in [-0.15, -0.1) is 0 Å². The molecule has 0 heterocycles. The van der Waals surface area contributed by atoms with Crippen molar-refractivity contribution in [2.45, 2.75) is 6.10 Å². The van der Waals surface area contributed by atoms with Gasteiger partial charge in [0, 0.05) is 12.2 Å². The van der Waals surface area contributed by atoms with Gasteiger partial charge in [-0.05, 0) is 0 Å². The highest BCUT2D eigenvalue weighted by Gasteiger charge is 2.17. The van der Waals surface area contributed by atoms with E-state index in [4.69, 9.17) is 15.3 Å². The number of rotatable bonds is 4. The molecule has 0 aromatic rings. The van der Waals surface area contributed by atoms with E-state index in [1.807, 2.05) is 0 Å². The first-order chi connectivity index (χ1) is 6.47. The molecule has 0 amide bonds. The lowest BCUT2D eigenvalue weighted by molar-refractivity contribution is -0.164. The third-order valence-corrected chi connectivity index (χ3v) is 1.01. The van der Waals surface area contributed by atoms with Gasteiger partial charge < -0.3 is 25.5 Å². The Morgan fingerprint density at radius 1 is 1.27 bits per heavy atom. The number of aliphatic carboxylic acids is 1. The molecule has 1 unspecified atom stereocenters. The van der Waals surface area contributed by atoms with Crippen LogP contribution in [0.25, 0.3) is 0 Å². The number of aliphatic hydroxyl groups excluding tert-OH is 2. The topological polar surface area (TPSA) is 153 Å². The molecule has 0 aliphatic heterocycles. The highest BCUT2D eigenvalue weighted by Crippen LogP contribution is 1.89. The Hall–Kier alpha value is -1.77. The highest BCUT2D eigenvalue weighted by molar-refractivity contribution is 5.96. The van der Waals surface area contributed by atoms with Crippen molar-refractivity contribution in [3.8, 4) is 0 Å². The Labute approximate surface area is 83.7 Å². The molecule has 0 spiro atoms. The largest absolute Gasteiger partial charge is 0.478 e. The molecular weight excluding hydrogens is 212 g/mol. The summed E-state index contributed by atoms with van der Waals surface area (Å²) in [5, 5.41) is 25.0. The minimum Gasteiger partial charge on any atom is -0.478 e. The Balaban J connectivity index is 0. The zero-order valence-corrected chi connectivity index (χ0v) is 7.41. The predicted octanol–water partition coefficient (Wildman–Crippen LogP) is -2.77. The van der Waals surface area contributed by atoms with E-state index < -0.39 is 30.6 Å². The molecule has 5 N–H and O–H groups in total. The molecule has 0 rings (SSSR count). The lowest BCUT2D eigenvalue weighted by Gasteiger charge is -2.03. The summed E-state index contributed by atoms with van der Waals surface area (Å²) in [7, 11) is 0. The first kappa shape index (κ1) is 15.7. The number of hydrogen-bond acceptors (Lipinski definition) is 6. The Morgan fingerprint density at radius 3 is 2.20 bits per heavy atom. The first-order valence-corrected chi connectivity index (χ1v) is 3.43. The summed E-state index contributed by atoms with van der Waals surface area (Å²) in [5.41, 5.74) is 0. The van der Waals surface area contributed by atoms with Gasteiger partial charge in [0.25, 0.3) is 0 Å². The van der Waals surface area contributed by atoms with Gasteiger partial charge in [0.15, 0.2) is 6.10 Å². The second-order valence-corrected chi connectivity index (χ2v) is 2.11. The minimum absolute atomic E-state index is 0. The molecule has 0 saturated heterocycles. The van der Waals surface area contributed by atoms with E-state index in [0.29, 0.717) is 12.2 Å². The summed E-state index contributed by atoms with van der Waals surface area (Å²) in [4.78, 5) is 31.1. The van der Waals surface area contributed by atoms with E-state index in [9.17, 15) is 14.4 Å². The third-order valence-electron chi connectivity index (χ3n) is 1.01. The summed E-state index contributed by atoms with van der Waals surface area (Å²) in [6, 6.07) is 0. The van der Waals surface area contributed by atoms with Gasteiger partial charge >= 0.3 is 17.9 Å². The van der Waals surface area contributed by atoms with Crippen LogP contribution < -0.4 is 0 Å². The number of carboxylic acids is 1. The first-order valence-electron chi connectivity index (χ1n) is 3.43. The van der Waals surface area contributed by atoms with Crippen LogP contribution >= 0.6 is 0 Å². The summed E-state index contributed by atoms with van der Waals surface area (Å²) in [6.45, 7) is -0.880. The van der Waals surface area contributed by atoms with Gasteiger partial charge in [-0.1, -0.05) is 0 Å². The van der Waals surface area contributed by atoms with Gasteiger partial charge in [0.05, 0.1) is 6.61 Å². The summed E-state index contributed by atoms with van der Waals surface area (Å²) < 4.78 is 3.92. The molecule has 86 valence electrons. The monoisotopic (exact) mass is 222 g/mol. The van der Waals surface area contributed by atoms with Gasteiger partial charge in [-0.3, -0.25) is 0 Å². The van der Waals surface area contributed by atoms with Crippen molar-refractivity contribution < 1.29 is 39.9 Å². The van der Waals surface area contributed by atoms with Gasteiger partial charge in [-0.25, -0.2) is 14.4 Å². The molecule has 0 radical (unpaired) electrons. The maximum Gasteiger partial charge on any atom is 0.345 e. The van der Waals surface area contributed by atoms with Crippen LogP contribution in [-0.2, 0) is 19.1 Å². The summed E-state index contributed by atoms with van der Waals surface area (Å²) in [5.74, 6) is -3.95. The lowest BCUT2D eigenvalue weighted by atomic mass is 10.4. The Morgan fingerprint density at radius 2 is 1.80 bits per heavy atom. The van der Waals surface area contributed by atoms with E-state index >= 15 is 0 Å². The highest BCUT2D eigenvalue weighted by atomic mass is 16.6. The second kappa shape index (κ2) is 7.62. The molecule has 1 atom stereocenters. The number of aliphatic hydroxyl groups is 2. The number of ether oxygens (including phenoxy) is 1. The zero-order valence-electron chi connectivity index (χ0n) is 7.41. The minimum atomic E-state index is -1.81. The molecule has 0 fully saturated rings. The van der Waals surface area contributed by atoms with Crippen LogP contribution in [0.3, 0.4) is 0 Å². The molecule has 0 aliphatic carbocycles. The molecule has 0 aromatic carbocycles. The van der Waals surface area contributed by atoms with E-state index in [-0.39, 0.29) is 5.48 Å². The van der Waals surface area contributed by atoms with Crippen molar-refractivity contribution in [3.05, 3.63) is 12.2 Å². The molecule has 0 aliphatic rings. The SMILES string of the molecule is O.O=C(O)/C=C\C(=O)OC(=O)C(O)CO. The van der Waals surface area contributed by atoms with Crippen LogP contribution in [0.4, 0.5) is 0 Å². The molecular formula is C7H10O8. The number of carbonyl (C=O) groups is 3. The van der Waals surface area contributed by atoms with Gasteiger partial charge in [0.2, 0.25) is 0 Å². The molecule has 8 nitrogen and oxygen atoms in total. The number of hydrogen-bond donors (Lipinski definition) is 3. The molecule has 0 saturated carbocycles. The summed E-state index contributed by atoms with van der Waals surface area (Å²) >= 11 is 0. The van der Waals surface area contributed by atoms with E-state index in [1.165, 1.54) is 0 Å². The fourth-order valence-electron chi connectivity index (χ4n) is 0.415. The van der Waals surface area contributed by atoms with Crippen LogP contribution in [0, 0.1) is 0 Å². The molecule has 8 heteroatoms. The van der Waals surface area contributed by atoms with Crippen LogP contribution in [-0.4, -0.2) is 51.4 Å². The maximum atomic E-state index is 10.6. The van der Waals surface area contributed by atoms with E-state index in [0.717, 1.165) is 0 Å². The number of carboxylic acid groups (broad SMARTS) is 1. The second-order valence-electron chi connectivity index (χ2n) is 2.11. The van der Waals surface area contributed by atoms with Crippen LogP contribution in [0.2, 0.25) is 0 Å². The van der Waals surface area contributed by atoms with Crippen molar-refractivity contribution in [3.63, 3.8) is 0 Å². The average Bonchev–Trinajstić information content (AvgIpc) is 2.13. The standard InChI is InChI=1S/C7H8O7.H2O/c8-3-4(9)7(13)14-6(12)2-1-5(10)11;/h1-2,4,8-9H,3H2,(H,10,11);1H2/b2-1-;. The van der Waals surface area contributed by atoms with Gasteiger partial charge in [0.1, 0.15) is 0 Å². The lowest BCUT2D eigenvalue weighted by Crippen LogP contribution is -2.28. The van der Waals surface area contributed by atoms with Crippen molar-refractivity contribution in [1.29, 1.82) is 0 Å². The fraction of sp³-hybridized carbons (Fsp3) is 0.286. The zero-order chi connectivity index (χ0) is 11.1. The molecule has 0 aromatic heterocycles. The van der Waals surface area contributed by atoms with Crippen molar-refractivity contribution in [1.82, 2.24) is 0 Å². The quantitative estimate of drug-likeness (QED) is 0.264. The predicted molar refractivity (Wildman–Crippen MR) is 44.6 cm³/mol. The van der Waals surface area contributed by atoms with Crippen molar-refractivity contribution in [2.24, 2.45) is 0 Å². The van der Waals surface area contributed by atoms with Crippen molar-refractivity contribution in [2.75, 3.05) is 6.61 Å². The molecule has 0 bridgehead atoms. The van der Waals surface area contributed by atoms with Crippen LogP contribution in [0.15, 0.2) is 12.2 Å². The molecule has 15 heavy (non-hydrogen) atoms. The van der Waals surface area contributed by atoms with Gasteiger partial charge in [-0.2, -0.15) is 0 Å². The smallest absolute Gasteiger partial charge is 0.345 e. The Bertz CT molecular complexity index is 268. The van der Waals surface area contributed by atoms with E-state index in [2.05, 4.69) is 4.74 Å². The number of esters is 2. The van der Waals surface area contributed by atoms with E-state index in [1.54, 1.807) is 0 Å².